The van der Waals surface area contributed by atoms with E-state index in [4.69, 9.17) is 13.9 Å². The van der Waals surface area contributed by atoms with Crippen LogP contribution in [0, 0.1) is 6.92 Å². The summed E-state index contributed by atoms with van der Waals surface area (Å²) in [6.07, 6.45) is 6.11. The van der Waals surface area contributed by atoms with Gasteiger partial charge in [-0.05, 0) is 67.5 Å². The fourth-order valence-electron chi connectivity index (χ4n) is 3.96. The SMILES string of the molecule is Cc1ccc(C(C)C)c(OCc2cn(CCCCCCOc3ccc4ccc(=O)oc4c3)nn2)c1. The molecule has 2 aromatic heterocycles. The molecule has 4 aromatic rings. The number of aromatic nitrogens is 3. The van der Waals surface area contributed by atoms with Crippen LogP contribution in [-0.2, 0) is 13.2 Å². The summed E-state index contributed by atoms with van der Waals surface area (Å²) in [5.74, 6) is 2.04. The van der Waals surface area contributed by atoms with Crippen LogP contribution in [0.3, 0.4) is 0 Å². The van der Waals surface area contributed by atoms with Gasteiger partial charge in [-0.3, -0.25) is 4.68 Å². The van der Waals surface area contributed by atoms with Crippen molar-refractivity contribution in [2.24, 2.45) is 0 Å². The molecule has 0 aliphatic heterocycles. The van der Waals surface area contributed by atoms with Crippen LogP contribution < -0.4 is 15.1 Å². The Morgan fingerprint density at radius 3 is 2.66 bits per heavy atom. The molecule has 0 saturated carbocycles. The van der Waals surface area contributed by atoms with Crippen molar-refractivity contribution in [3.63, 3.8) is 0 Å². The van der Waals surface area contributed by atoms with E-state index in [1.165, 1.54) is 17.2 Å². The normalized spacial score (nSPS) is 11.3. The van der Waals surface area contributed by atoms with Crippen molar-refractivity contribution in [2.45, 2.75) is 65.5 Å². The maximum absolute atomic E-state index is 11.4. The number of unbranched alkanes of at least 4 members (excludes halogenated alkanes) is 3. The van der Waals surface area contributed by atoms with Gasteiger partial charge in [0.1, 0.15) is 29.4 Å². The molecule has 7 nitrogen and oxygen atoms in total. The zero-order chi connectivity index (χ0) is 24.6. The smallest absolute Gasteiger partial charge is 0.336 e. The number of fused-ring (bicyclic) bond motifs is 1. The van der Waals surface area contributed by atoms with E-state index in [1.807, 2.05) is 23.0 Å². The Kier molecular flexibility index (Phi) is 8.19. The van der Waals surface area contributed by atoms with E-state index in [9.17, 15) is 4.79 Å². The van der Waals surface area contributed by atoms with E-state index in [2.05, 4.69) is 49.3 Å². The minimum Gasteiger partial charge on any atom is -0.493 e. The lowest BCUT2D eigenvalue weighted by Crippen LogP contribution is -2.01. The molecule has 0 fully saturated rings. The van der Waals surface area contributed by atoms with Crippen LogP contribution in [0.4, 0.5) is 0 Å². The van der Waals surface area contributed by atoms with Gasteiger partial charge in [-0.15, -0.1) is 5.10 Å². The molecule has 0 atom stereocenters. The van der Waals surface area contributed by atoms with Crippen molar-refractivity contribution in [1.82, 2.24) is 15.0 Å². The molecule has 7 heteroatoms. The molecule has 4 rings (SSSR count). The zero-order valence-electron chi connectivity index (χ0n) is 20.7. The summed E-state index contributed by atoms with van der Waals surface area (Å²) >= 11 is 0. The van der Waals surface area contributed by atoms with Gasteiger partial charge in [0.15, 0.2) is 0 Å². The van der Waals surface area contributed by atoms with Crippen molar-refractivity contribution in [2.75, 3.05) is 6.61 Å². The van der Waals surface area contributed by atoms with E-state index >= 15 is 0 Å². The van der Waals surface area contributed by atoms with Crippen LogP contribution in [0.5, 0.6) is 11.5 Å². The van der Waals surface area contributed by atoms with Gasteiger partial charge < -0.3 is 13.9 Å². The molecule has 0 saturated heterocycles. The van der Waals surface area contributed by atoms with Crippen LogP contribution >= 0.6 is 0 Å². The van der Waals surface area contributed by atoms with E-state index in [0.717, 1.165) is 54.8 Å². The van der Waals surface area contributed by atoms with Crippen LogP contribution in [0.1, 0.15) is 62.3 Å². The van der Waals surface area contributed by atoms with Crippen LogP contribution in [0.15, 0.2) is 63.9 Å². The van der Waals surface area contributed by atoms with Crippen molar-refractivity contribution in [3.05, 3.63) is 82.0 Å². The van der Waals surface area contributed by atoms with Crippen molar-refractivity contribution in [1.29, 1.82) is 0 Å². The molecule has 0 bridgehead atoms. The summed E-state index contributed by atoms with van der Waals surface area (Å²) in [4.78, 5) is 11.4. The van der Waals surface area contributed by atoms with E-state index in [-0.39, 0.29) is 5.63 Å². The molecule has 0 aliphatic carbocycles. The van der Waals surface area contributed by atoms with Crippen molar-refractivity contribution < 1.29 is 13.9 Å². The van der Waals surface area contributed by atoms with Gasteiger partial charge in [-0.25, -0.2) is 4.79 Å². The third-order valence-corrected chi connectivity index (χ3v) is 5.90. The molecule has 0 amide bonds. The summed E-state index contributed by atoms with van der Waals surface area (Å²) in [7, 11) is 0. The summed E-state index contributed by atoms with van der Waals surface area (Å²) in [5, 5.41) is 9.38. The van der Waals surface area contributed by atoms with E-state index < -0.39 is 0 Å². The summed E-state index contributed by atoms with van der Waals surface area (Å²) in [6.45, 7) is 8.29. The second kappa shape index (κ2) is 11.7. The largest absolute Gasteiger partial charge is 0.493 e. The Bertz CT molecular complexity index is 1310. The second-order valence-electron chi connectivity index (χ2n) is 9.17. The fourth-order valence-corrected chi connectivity index (χ4v) is 3.96. The van der Waals surface area contributed by atoms with E-state index in [0.29, 0.717) is 24.7 Å². The Balaban J connectivity index is 1.14. The van der Waals surface area contributed by atoms with Gasteiger partial charge >= 0.3 is 5.63 Å². The number of benzene rings is 2. The van der Waals surface area contributed by atoms with Crippen molar-refractivity contribution in [3.8, 4) is 11.5 Å². The highest BCUT2D eigenvalue weighted by molar-refractivity contribution is 5.77. The van der Waals surface area contributed by atoms with Gasteiger partial charge in [0.25, 0.3) is 0 Å². The lowest BCUT2D eigenvalue weighted by molar-refractivity contribution is 0.296. The van der Waals surface area contributed by atoms with Crippen LogP contribution in [0.2, 0.25) is 0 Å². The molecule has 0 N–H and O–H groups in total. The van der Waals surface area contributed by atoms with E-state index in [1.54, 1.807) is 12.1 Å². The molecule has 2 heterocycles. The summed E-state index contributed by atoms with van der Waals surface area (Å²) in [5.41, 5.74) is 3.42. The lowest BCUT2D eigenvalue weighted by Gasteiger charge is -2.14. The molecule has 0 radical (unpaired) electrons. The highest BCUT2D eigenvalue weighted by Crippen LogP contribution is 2.28. The average Bonchev–Trinajstić information content (AvgIpc) is 3.29. The highest BCUT2D eigenvalue weighted by atomic mass is 16.5. The highest BCUT2D eigenvalue weighted by Gasteiger charge is 2.10. The third-order valence-electron chi connectivity index (χ3n) is 5.90. The Morgan fingerprint density at radius 1 is 0.971 bits per heavy atom. The standard InChI is InChI=1S/C28H33N3O4/c1-20(2)25-12-8-21(3)16-27(25)34-19-23-18-31(30-29-23)14-6-4-5-7-15-33-24-11-9-22-10-13-28(32)35-26(22)17-24/h8-13,16-18,20H,4-7,14-15,19H2,1-3H3. The van der Waals surface area contributed by atoms with Gasteiger partial charge in [0.2, 0.25) is 0 Å². The predicted molar refractivity (Wildman–Crippen MR) is 136 cm³/mol. The first kappa shape index (κ1) is 24.5. The number of nitrogens with zero attached hydrogens (tertiary/aromatic N) is 3. The second-order valence-corrected chi connectivity index (χ2v) is 9.17. The third kappa shape index (κ3) is 6.94. The minimum absolute atomic E-state index is 0.353. The average molecular weight is 476 g/mol. The maximum atomic E-state index is 11.4. The van der Waals surface area contributed by atoms with Gasteiger partial charge in [-0.1, -0.05) is 37.6 Å². The maximum Gasteiger partial charge on any atom is 0.336 e. The topological polar surface area (TPSA) is 79.4 Å². The molecule has 35 heavy (non-hydrogen) atoms. The number of hydrogen-bond donors (Lipinski definition) is 0. The summed E-state index contributed by atoms with van der Waals surface area (Å²) < 4.78 is 19.0. The van der Waals surface area contributed by atoms with Gasteiger partial charge in [-0.2, -0.15) is 0 Å². The van der Waals surface area contributed by atoms with Crippen molar-refractivity contribution >= 4 is 11.0 Å². The monoisotopic (exact) mass is 475 g/mol. The Labute approximate surface area is 205 Å². The number of rotatable bonds is 12. The first-order valence-electron chi connectivity index (χ1n) is 12.3. The number of hydrogen-bond acceptors (Lipinski definition) is 6. The quantitative estimate of drug-likeness (QED) is 0.184. The molecule has 0 spiro atoms. The lowest BCUT2D eigenvalue weighted by atomic mass is 10.0. The Morgan fingerprint density at radius 2 is 1.80 bits per heavy atom. The fraction of sp³-hybridized carbons (Fsp3) is 0.393. The summed E-state index contributed by atoms with van der Waals surface area (Å²) in [6, 6.07) is 15.1. The van der Waals surface area contributed by atoms with Crippen LogP contribution in [-0.4, -0.2) is 21.6 Å². The number of aryl methyl sites for hydroxylation is 2. The molecular formula is C28H33N3O4. The molecular weight excluding hydrogens is 442 g/mol. The first-order valence-corrected chi connectivity index (χ1v) is 12.3. The molecule has 184 valence electrons. The van der Waals surface area contributed by atoms with Crippen LogP contribution in [0.25, 0.3) is 11.0 Å². The molecule has 2 aromatic carbocycles. The predicted octanol–water partition coefficient (Wildman–Crippen LogP) is 6.03. The Hall–Kier alpha value is -3.61. The minimum atomic E-state index is -0.353. The first-order chi connectivity index (χ1) is 17.0. The molecule has 0 aliphatic rings. The van der Waals surface area contributed by atoms with Gasteiger partial charge in [0, 0.05) is 24.1 Å². The number of ether oxygens (including phenoxy) is 2. The zero-order valence-corrected chi connectivity index (χ0v) is 20.7. The molecule has 0 unspecified atom stereocenters. The van der Waals surface area contributed by atoms with Gasteiger partial charge in [0.05, 0.1) is 12.8 Å².